The van der Waals surface area contributed by atoms with Gasteiger partial charge in [-0.15, -0.1) is 12.8 Å². The van der Waals surface area contributed by atoms with Crippen molar-refractivity contribution in [3.05, 3.63) is 63.7 Å². The number of nitro benzene ring substituents is 1. The third-order valence-corrected chi connectivity index (χ3v) is 2.70. The second kappa shape index (κ2) is 5.60. The monoisotopic (exact) mass is 262 g/mol. The minimum Gasteiger partial charge on any atom is -0.354 e. The third-order valence-electron chi connectivity index (χ3n) is 2.70. The van der Waals surface area contributed by atoms with Gasteiger partial charge in [0.1, 0.15) is 0 Å². The van der Waals surface area contributed by atoms with Gasteiger partial charge >= 0.3 is 0 Å². The molecular formula is C16H10N2O2. The summed E-state index contributed by atoms with van der Waals surface area (Å²) in [4.78, 5) is 10.1. The molecule has 0 aliphatic heterocycles. The molecule has 0 unspecified atom stereocenters. The molecule has 0 heterocycles. The fraction of sp³-hybridized carbons (Fsp3) is 0. The van der Waals surface area contributed by atoms with E-state index < -0.39 is 4.92 Å². The molecule has 0 fully saturated rings. The molecule has 0 atom stereocenters. The molecule has 4 nitrogen and oxygen atoms in total. The van der Waals surface area contributed by atoms with Gasteiger partial charge in [0.15, 0.2) is 0 Å². The van der Waals surface area contributed by atoms with Crippen molar-refractivity contribution < 1.29 is 4.92 Å². The van der Waals surface area contributed by atoms with Crippen LogP contribution in [0.15, 0.2) is 42.5 Å². The Bertz CT molecular complexity index is 735. The molecule has 0 aromatic heterocycles. The molecule has 4 heteroatoms. The van der Waals surface area contributed by atoms with Crippen LogP contribution in [-0.4, -0.2) is 4.92 Å². The van der Waals surface area contributed by atoms with Crippen molar-refractivity contribution in [2.45, 2.75) is 0 Å². The first-order chi connectivity index (χ1) is 9.63. The Morgan fingerprint density at radius 3 is 2.30 bits per heavy atom. The predicted molar refractivity (Wildman–Crippen MR) is 78.7 cm³/mol. The van der Waals surface area contributed by atoms with Gasteiger partial charge in [-0.05, 0) is 30.3 Å². The van der Waals surface area contributed by atoms with Gasteiger partial charge in [-0.25, -0.2) is 0 Å². The first-order valence-electron chi connectivity index (χ1n) is 5.73. The van der Waals surface area contributed by atoms with Crippen LogP contribution in [0.4, 0.5) is 17.1 Å². The summed E-state index contributed by atoms with van der Waals surface area (Å²) in [5, 5.41) is 13.7. The van der Waals surface area contributed by atoms with Crippen LogP contribution in [0.5, 0.6) is 0 Å². The number of terminal acetylenes is 2. The molecule has 0 spiro atoms. The van der Waals surface area contributed by atoms with E-state index in [1.54, 1.807) is 30.3 Å². The number of hydrogen-bond donors (Lipinski definition) is 1. The summed E-state index contributed by atoms with van der Waals surface area (Å²) < 4.78 is 0. The number of nitro groups is 1. The number of nitrogens with one attached hydrogen (secondary N) is 1. The van der Waals surface area contributed by atoms with E-state index in [0.717, 1.165) is 0 Å². The number of anilines is 2. The Morgan fingerprint density at radius 2 is 1.75 bits per heavy atom. The Morgan fingerprint density at radius 1 is 1.05 bits per heavy atom. The van der Waals surface area contributed by atoms with Crippen LogP contribution >= 0.6 is 0 Å². The maximum absolute atomic E-state index is 10.6. The first kappa shape index (κ1) is 13.2. The van der Waals surface area contributed by atoms with Crippen LogP contribution in [0.2, 0.25) is 0 Å². The van der Waals surface area contributed by atoms with Gasteiger partial charge < -0.3 is 5.32 Å². The largest absolute Gasteiger partial charge is 0.354 e. The van der Waals surface area contributed by atoms with Gasteiger partial charge in [0.25, 0.3) is 5.69 Å². The molecule has 2 rings (SSSR count). The van der Waals surface area contributed by atoms with Crippen molar-refractivity contribution >= 4 is 17.1 Å². The normalized spacial score (nSPS) is 9.30. The van der Waals surface area contributed by atoms with Crippen LogP contribution < -0.4 is 5.32 Å². The third kappa shape index (κ3) is 2.77. The molecule has 2 aromatic rings. The molecule has 0 aliphatic carbocycles. The van der Waals surface area contributed by atoms with E-state index in [0.29, 0.717) is 22.5 Å². The zero-order valence-corrected chi connectivity index (χ0v) is 10.5. The Labute approximate surface area is 116 Å². The molecule has 96 valence electrons. The summed E-state index contributed by atoms with van der Waals surface area (Å²) >= 11 is 0. The minimum absolute atomic E-state index is 0.0325. The van der Waals surface area contributed by atoms with Gasteiger partial charge in [0.05, 0.1) is 10.6 Å². The molecule has 0 amide bonds. The quantitative estimate of drug-likeness (QED) is 0.524. The number of rotatable bonds is 3. The maximum Gasteiger partial charge on any atom is 0.269 e. The van der Waals surface area contributed by atoms with E-state index in [9.17, 15) is 10.1 Å². The molecule has 2 aromatic carbocycles. The maximum atomic E-state index is 10.6. The second-order valence-electron chi connectivity index (χ2n) is 3.98. The highest BCUT2D eigenvalue weighted by Crippen LogP contribution is 2.23. The minimum atomic E-state index is -0.449. The summed E-state index contributed by atoms with van der Waals surface area (Å²) in [7, 11) is 0. The van der Waals surface area contributed by atoms with E-state index in [1.807, 2.05) is 0 Å². The zero-order valence-electron chi connectivity index (χ0n) is 10.5. The molecule has 0 aliphatic rings. The molecule has 1 N–H and O–H groups in total. The Balaban J connectivity index is 2.32. The van der Waals surface area contributed by atoms with E-state index >= 15 is 0 Å². The van der Waals surface area contributed by atoms with E-state index in [1.165, 1.54) is 12.1 Å². The van der Waals surface area contributed by atoms with E-state index in [-0.39, 0.29) is 5.69 Å². The standard InChI is InChI=1S/C16H10N2O2/c1-3-12-5-6-13(4-2)16(11-12)17-14-7-9-15(10-8-14)18(19)20/h1-2,5-11,17H. The van der Waals surface area contributed by atoms with Crippen molar-refractivity contribution in [3.63, 3.8) is 0 Å². The number of hydrogen-bond acceptors (Lipinski definition) is 3. The van der Waals surface area contributed by atoms with Crippen LogP contribution in [0.1, 0.15) is 11.1 Å². The number of nitrogens with zero attached hydrogens (tertiary/aromatic N) is 1. The lowest BCUT2D eigenvalue weighted by Gasteiger charge is -2.09. The summed E-state index contributed by atoms with van der Waals surface area (Å²) in [5.74, 6) is 5.09. The van der Waals surface area contributed by atoms with Crippen LogP contribution in [0, 0.1) is 34.8 Å². The first-order valence-corrected chi connectivity index (χ1v) is 5.73. The fourth-order valence-electron chi connectivity index (χ4n) is 1.69. The van der Waals surface area contributed by atoms with Gasteiger partial charge in [-0.1, -0.05) is 11.8 Å². The molecule has 0 bridgehead atoms. The van der Waals surface area contributed by atoms with Crippen molar-refractivity contribution in [2.75, 3.05) is 5.32 Å². The van der Waals surface area contributed by atoms with Gasteiger partial charge in [-0.2, -0.15) is 0 Å². The van der Waals surface area contributed by atoms with Gasteiger partial charge in [0, 0.05) is 28.9 Å². The predicted octanol–water partition coefficient (Wildman–Crippen LogP) is 3.30. The summed E-state index contributed by atoms with van der Waals surface area (Å²) in [6.45, 7) is 0. The number of non-ortho nitro benzene ring substituents is 1. The Hall–Kier alpha value is -3.24. The molecule has 0 saturated heterocycles. The van der Waals surface area contributed by atoms with Gasteiger partial charge in [-0.3, -0.25) is 10.1 Å². The van der Waals surface area contributed by atoms with E-state index in [2.05, 4.69) is 17.2 Å². The smallest absolute Gasteiger partial charge is 0.269 e. The summed E-state index contributed by atoms with van der Waals surface area (Å²) in [6.07, 6.45) is 10.8. The SMILES string of the molecule is C#Cc1ccc(C#C)c(Nc2ccc([N+](=O)[O-])cc2)c1. The van der Waals surface area contributed by atoms with Crippen molar-refractivity contribution in [1.82, 2.24) is 0 Å². The highest BCUT2D eigenvalue weighted by molar-refractivity contribution is 5.69. The second-order valence-corrected chi connectivity index (χ2v) is 3.98. The van der Waals surface area contributed by atoms with Crippen LogP contribution in [0.3, 0.4) is 0 Å². The fourth-order valence-corrected chi connectivity index (χ4v) is 1.69. The average Bonchev–Trinajstić information content (AvgIpc) is 2.47. The van der Waals surface area contributed by atoms with Crippen molar-refractivity contribution in [3.8, 4) is 24.7 Å². The van der Waals surface area contributed by atoms with Crippen molar-refractivity contribution in [2.24, 2.45) is 0 Å². The van der Waals surface area contributed by atoms with Crippen molar-refractivity contribution in [1.29, 1.82) is 0 Å². The molecular weight excluding hydrogens is 252 g/mol. The lowest BCUT2D eigenvalue weighted by atomic mass is 10.1. The summed E-state index contributed by atoms with van der Waals surface area (Å²) in [5.41, 5.74) is 2.79. The summed E-state index contributed by atoms with van der Waals surface area (Å²) in [6, 6.07) is 11.3. The highest BCUT2D eigenvalue weighted by atomic mass is 16.6. The van der Waals surface area contributed by atoms with Gasteiger partial charge in [0.2, 0.25) is 0 Å². The van der Waals surface area contributed by atoms with E-state index in [4.69, 9.17) is 12.8 Å². The molecule has 0 radical (unpaired) electrons. The lowest BCUT2D eigenvalue weighted by Crippen LogP contribution is -1.95. The topological polar surface area (TPSA) is 55.2 Å². The zero-order chi connectivity index (χ0) is 14.5. The lowest BCUT2D eigenvalue weighted by molar-refractivity contribution is -0.384. The Kier molecular flexibility index (Phi) is 3.70. The average molecular weight is 262 g/mol. The highest BCUT2D eigenvalue weighted by Gasteiger charge is 2.06. The molecule has 20 heavy (non-hydrogen) atoms. The van der Waals surface area contributed by atoms with Crippen LogP contribution in [-0.2, 0) is 0 Å². The molecule has 0 saturated carbocycles. The number of benzene rings is 2. The van der Waals surface area contributed by atoms with Crippen LogP contribution in [0.25, 0.3) is 0 Å².